The molecule has 2 saturated heterocycles. The average Bonchev–Trinajstić information content (AvgIpc) is 3.40. The highest BCUT2D eigenvalue weighted by Gasteiger charge is 2.33. The highest BCUT2D eigenvalue weighted by molar-refractivity contribution is 5.79. The molecule has 4 rings (SSSR count). The Hall–Kier alpha value is -1.40. The summed E-state index contributed by atoms with van der Waals surface area (Å²) in [5.41, 5.74) is 2.50. The van der Waals surface area contributed by atoms with E-state index >= 15 is 0 Å². The molecular formula is C20H33N5O. The Labute approximate surface area is 156 Å². The molecule has 1 aromatic heterocycles. The van der Waals surface area contributed by atoms with E-state index in [-0.39, 0.29) is 5.92 Å². The van der Waals surface area contributed by atoms with Gasteiger partial charge < -0.3 is 5.32 Å². The Kier molecular flexibility index (Phi) is 5.32. The fourth-order valence-corrected chi connectivity index (χ4v) is 4.59. The van der Waals surface area contributed by atoms with Gasteiger partial charge in [-0.15, -0.1) is 0 Å². The number of carbonyl (C=O) groups excluding carboxylic acids is 1. The van der Waals surface area contributed by atoms with E-state index in [0.29, 0.717) is 18.0 Å². The lowest BCUT2D eigenvalue weighted by molar-refractivity contribution is -0.127. The van der Waals surface area contributed by atoms with Gasteiger partial charge in [-0.05, 0) is 65.1 Å². The van der Waals surface area contributed by atoms with Crippen molar-refractivity contribution in [2.24, 2.45) is 13.0 Å². The third-order valence-electron chi connectivity index (χ3n) is 6.33. The van der Waals surface area contributed by atoms with Crippen LogP contribution in [0, 0.1) is 12.8 Å². The molecule has 3 heterocycles. The number of piperidine rings is 2. The van der Waals surface area contributed by atoms with E-state index in [1.807, 2.05) is 11.7 Å². The quantitative estimate of drug-likeness (QED) is 0.869. The highest BCUT2D eigenvalue weighted by Crippen LogP contribution is 2.26. The van der Waals surface area contributed by atoms with Crippen molar-refractivity contribution in [2.75, 3.05) is 26.2 Å². The predicted molar refractivity (Wildman–Crippen MR) is 102 cm³/mol. The molecule has 1 aromatic rings. The number of nitrogens with zero attached hydrogens (tertiary/aromatic N) is 4. The molecule has 0 unspecified atom stereocenters. The molecule has 1 saturated carbocycles. The minimum Gasteiger partial charge on any atom is -0.353 e. The van der Waals surface area contributed by atoms with Gasteiger partial charge in [0.05, 0.1) is 11.6 Å². The molecule has 1 N–H and O–H groups in total. The zero-order chi connectivity index (χ0) is 18.1. The summed E-state index contributed by atoms with van der Waals surface area (Å²) in [7, 11) is 1.99. The molecular weight excluding hydrogens is 326 g/mol. The predicted octanol–water partition coefficient (Wildman–Crippen LogP) is 1.68. The van der Waals surface area contributed by atoms with Gasteiger partial charge in [0, 0.05) is 44.0 Å². The third-order valence-corrected chi connectivity index (χ3v) is 6.33. The molecule has 0 aromatic carbocycles. The van der Waals surface area contributed by atoms with Crippen molar-refractivity contribution in [3.8, 4) is 0 Å². The van der Waals surface area contributed by atoms with E-state index in [0.717, 1.165) is 44.7 Å². The van der Waals surface area contributed by atoms with E-state index in [1.54, 1.807) is 0 Å². The van der Waals surface area contributed by atoms with Crippen LogP contribution in [0.1, 0.15) is 49.8 Å². The van der Waals surface area contributed by atoms with Crippen LogP contribution in [0.5, 0.6) is 0 Å². The summed E-state index contributed by atoms with van der Waals surface area (Å²) in [6, 6.07) is 1.13. The second-order valence-electron chi connectivity index (χ2n) is 8.54. The van der Waals surface area contributed by atoms with Gasteiger partial charge in [0.1, 0.15) is 0 Å². The fraction of sp³-hybridized carbons (Fsp3) is 0.800. The summed E-state index contributed by atoms with van der Waals surface area (Å²) in [5.74, 6) is 0.516. The van der Waals surface area contributed by atoms with Crippen molar-refractivity contribution >= 4 is 5.91 Å². The first kappa shape index (κ1) is 18.0. The molecule has 6 nitrogen and oxygen atoms in total. The molecule has 144 valence electrons. The molecule has 3 fully saturated rings. The number of nitrogens with one attached hydrogen (secondary N) is 1. The molecule has 1 amide bonds. The van der Waals surface area contributed by atoms with Crippen LogP contribution in [0.2, 0.25) is 0 Å². The van der Waals surface area contributed by atoms with Crippen molar-refractivity contribution in [3.05, 3.63) is 17.5 Å². The van der Waals surface area contributed by atoms with Crippen LogP contribution in [0.15, 0.2) is 6.20 Å². The van der Waals surface area contributed by atoms with Crippen LogP contribution in [0.4, 0.5) is 0 Å². The largest absolute Gasteiger partial charge is 0.353 e. The first-order valence-corrected chi connectivity index (χ1v) is 10.3. The number of amides is 1. The number of likely N-dealkylation sites (tertiary alicyclic amines) is 2. The Balaban J connectivity index is 1.25. The lowest BCUT2D eigenvalue weighted by Crippen LogP contribution is -2.50. The molecule has 0 bridgehead atoms. The summed E-state index contributed by atoms with van der Waals surface area (Å²) in [4.78, 5) is 17.6. The van der Waals surface area contributed by atoms with Crippen LogP contribution in [0.3, 0.4) is 0 Å². The lowest BCUT2D eigenvalue weighted by Gasteiger charge is -2.42. The molecule has 2 aliphatic heterocycles. The summed E-state index contributed by atoms with van der Waals surface area (Å²) in [5, 5.41) is 7.67. The van der Waals surface area contributed by atoms with Crippen molar-refractivity contribution < 1.29 is 4.79 Å². The topological polar surface area (TPSA) is 53.4 Å². The average molecular weight is 360 g/mol. The van der Waals surface area contributed by atoms with Gasteiger partial charge in [-0.2, -0.15) is 5.10 Å². The molecule has 0 radical (unpaired) electrons. The lowest BCUT2D eigenvalue weighted by atomic mass is 9.93. The monoisotopic (exact) mass is 359 g/mol. The van der Waals surface area contributed by atoms with Gasteiger partial charge in [-0.1, -0.05) is 0 Å². The molecule has 0 spiro atoms. The molecule has 1 aliphatic carbocycles. The number of aromatic nitrogens is 2. The third kappa shape index (κ3) is 4.29. The summed E-state index contributed by atoms with van der Waals surface area (Å²) < 4.78 is 1.91. The van der Waals surface area contributed by atoms with Crippen LogP contribution >= 0.6 is 0 Å². The number of hydrogen-bond donors (Lipinski definition) is 1. The van der Waals surface area contributed by atoms with Crippen LogP contribution in [0.25, 0.3) is 0 Å². The van der Waals surface area contributed by atoms with E-state index in [4.69, 9.17) is 0 Å². The first-order valence-electron chi connectivity index (χ1n) is 10.3. The van der Waals surface area contributed by atoms with Crippen molar-refractivity contribution in [3.63, 3.8) is 0 Å². The maximum absolute atomic E-state index is 12.4. The molecule has 3 aliphatic rings. The van der Waals surface area contributed by atoms with Crippen LogP contribution < -0.4 is 5.32 Å². The summed E-state index contributed by atoms with van der Waals surface area (Å²) in [6.45, 7) is 7.54. The van der Waals surface area contributed by atoms with E-state index in [9.17, 15) is 4.79 Å². The summed E-state index contributed by atoms with van der Waals surface area (Å²) >= 11 is 0. The second-order valence-corrected chi connectivity index (χ2v) is 8.54. The number of rotatable bonds is 5. The van der Waals surface area contributed by atoms with E-state index < -0.39 is 0 Å². The number of aryl methyl sites for hydroxylation is 2. The first-order chi connectivity index (χ1) is 12.6. The Morgan fingerprint density at radius 1 is 1.19 bits per heavy atom. The van der Waals surface area contributed by atoms with Gasteiger partial charge in [-0.3, -0.25) is 19.3 Å². The normalized spacial score (nSPS) is 26.2. The van der Waals surface area contributed by atoms with Crippen LogP contribution in [-0.2, 0) is 18.4 Å². The molecule has 6 heteroatoms. The number of hydrogen-bond acceptors (Lipinski definition) is 4. The van der Waals surface area contributed by atoms with Gasteiger partial charge in [-0.25, -0.2) is 0 Å². The van der Waals surface area contributed by atoms with Gasteiger partial charge in [0.2, 0.25) is 5.91 Å². The summed E-state index contributed by atoms with van der Waals surface area (Å²) in [6.07, 6.45) is 9.17. The molecule has 1 atom stereocenters. The Morgan fingerprint density at radius 2 is 1.96 bits per heavy atom. The Morgan fingerprint density at radius 3 is 2.62 bits per heavy atom. The minimum atomic E-state index is 0.209. The van der Waals surface area contributed by atoms with E-state index in [2.05, 4.69) is 33.3 Å². The fourth-order valence-electron chi connectivity index (χ4n) is 4.59. The van der Waals surface area contributed by atoms with Gasteiger partial charge in [0.15, 0.2) is 0 Å². The number of carbonyl (C=O) groups is 1. The van der Waals surface area contributed by atoms with Crippen molar-refractivity contribution in [2.45, 2.75) is 64.1 Å². The van der Waals surface area contributed by atoms with Crippen molar-refractivity contribution in [1.82, 2.24) is 24.9 Å². The SMILES string of the molecule is Cc1nn(C)cc1CN1CCC(N2CCC[C@H](C(=O)NC3CC3)C2)CC1. The second kappa shape index (κ2) is 7.69. The van der Waals surface area contributed by atoms with Crippen LogP contribution in [-0.4, -0.2) is 63.8 Å². The van der Waals surface area contributed by atoms with Gasteiger partial charge >= 0.3 is 0 Å². The maximum Gasteiger partial charge on any atom is 0.224 e. The minimum absolute atomic E-state index is 0.209. The van der Waals surface area contributed by atoms with E-state index in [1.165, 1.54) is 37.8 Å². The maximum atomic E-state index is 12.4. The zero-order valence-corrected chi connectivity index (χ0v) is 16.3. The van der Waals surface area contributed by atoms with Gasteiger partial charge in [0.25, 0.3) is 0 Å². The highest BCUT2D eigenvalue weighted by atomic mass is 16.2. The van der Waals surface area contributed by atoms with Crippen molar-refractivity contribution in [1.29, 1.82) is 0 Å². The standard InChI is InChI=1S/C20H33N5O/c1-15-17(12-23(2)22-15)13-24-10-7-19(8-11-24)25-9-3-4-16(14-25)20(26)21-18-5-6-18/h12,16,18-19H,3-11,13-14H2,1-2H3,(H,21,26)/t16-/m0/s1. The molecule has 26 heavy (non-hydrogen) atoms. The smallest absolute Gasteiger partial charge is 0.224 e. The zero-order valence-electron chi connectivity index (χ0n) is 16.3. The Bertz CT molecular complexity index is 630.